The lowest BCUT2D eigenvalue weighted by molar-refractivity contribution is 0.0983. The van der Waals surface area contributed by atoms with Crippen LogP contribution in [0.2, 0.25) is 0 Å². The van der Waals surface area contributed by atoms with E-state index in [1.54, 1.807) is 23.1 Å². The average molecular weight is 527 g/mol. The van der Waals surface area contributed by atoms with Gasteiger partial charge in [-0.25, -0.2) is 4.98 Å². The third-order valence-corrected chi connectivity index (χ3v) is 7.36. The molecule has 1 unspecified atom stereocenters. The van der Waals surface area contributed by atoms with Crippen LogP contribution in [0, 0.1) is 6.92 Å². The third kappa shape index (κ3) is 3.90. The van der Waals surface area contributed by atoms with Crippen molar-refractivity contribution in [3.05, 3.63) is 89.2 Å². The first-order valence-electron chi connectivity index (χ1n) is 12.1. The molecule has 9 heteroatoms. The third-order valence-electron chi connectivity index (χ3n) is 6.99. The Morgan fingerprint density at radius 3 is 2.68 bits per heavy atom. The number of H-pyrrole nitrogens is 1. The Kier molecular flexibility index (Phi) is 5.69. The molecular formula is C29H23ClN4O4. The van der Waals surface area contributed by atoms with E-state index in [1.165, 1.54) is 30.5 Å². The van der Waals surface area contributed by atoms with Crippen molar-refractivity contribution >= 4 is 56.6 Å². The number of amides is 2. The molecule has 0 aliphatic carbocycles. The second-order valence-electron chi connectivity index (χ2n) is 9.44. The van der Waals surface area contributed by atoms with Gasteiger partial charge in [-0.1, -0.05) is 18.2 Å². The summed E-state index contributed by atoms with van der Waals surface area (Å²) in [7, 11) is 0. The Labute approximate surface area is 222 Å². The number of alkyl halides is 1. The molecule has 0 bridgehead atoms. The van der Waals surface area contributed by atoms with Crippen molar-refractivity contribution < 1.29 is 19.8 Å². The molecule has 3 heterocycles. The van der Waals surface area contributed by atoms with Gasteiger partial charge in [-0.05, 0) is 59.8 Å². The summed E-state index contributed by atoms with van der Waals surface area (Å²) >= 11 is 6.35. The number of halogens is 1. The van der Waals surface area contributed by atoms with E-state index in [9.17, 15) is 19.8 Å². The minimum Gasteiger partial charge on any atom is -0.508 e. The van der Waals surface area contributed by atoms with E-state index < -0.39 is 0 Å². The van der Waals surface area contributed by atoms with Crippen molar-refractivity contribution in [1.82, 2.24) is 9.97 Å². The van der Waals surface area contributed by atoms with Crippen molar-refractivity contribution in [3.63, 3.8) is 0 Å². The van der Waals surface area contributed by atoms with Gasteiger partial charge >= 0.3 is 0 Å². The number of carbonyl (C=O) groups is 2. The molecule has 5 aromatic rings. The summed E-state index contributed by atoms with van der Waals surface area (Å²) < 4.78 is 0. The first kappa shape index (κ1) is 23.8. The van der Waals surface area contributed by atoms with Gasteiger partial charge in [0, 0.05) is 40.7 Å². The lowest BCUT2D eigenvalue weighted by atomic mass is 9.92. The lowest BCUT2D eigenvalue weighted by Gasteiger charge is -2.18. The number of nitrogens with zero attached hydrogens (tertiary/aromatic N) is 2. The first-order valence-corrected chi connectivity index (χ1v) is 12.6. The molecular weight excluding hydrogens is 504 g/mol. The Morgan fingerprint density at radius 1 is 1.13 bits per heavy atom. The number of aromatic amines is 1. The Bertz CT molecular complexity index is 1750. The normalized spacial score (nSPS) is 14.7. The van der Waals surface area contributed by atoms with Gasteiger partial charge in [-0.3, -0.25) is 9.59 Å². The summed E-state index contributed by atoms with van der Waals surface area (Å²) in [5.41, 5.74) is 4.31. The topological polar surface area (TPSA) is 119 Å². The van der Waals surface area contributed by atoms with Gasteiger partial charge in [-0.15, -0.1) is 11.6 Å². The monoisotopic (exact) mass is 526 g/mol. The molecule has 0 radical (unpaired) electrons. The second kappa shape index (κ2) is 9.08. The zero-order valence-corrected chi connectivity index (χ0v) is 21.1. The molecule has 38 heavy (non-hydrogen) atoms. The number of nitrogens with one attached hydrogen (secondary N) is 2. The van der Waals surface area contributed by atoms with E-state index in [-0.39, 0.29) is 29.2 Å². The highest BCUT2D eigenvalue weighted by Crippen LogP contribution is 2.46. The number of carbonyl (C=O) groups excluding carboxylic acids is 2. The molecule has 0 fully saturated rings. The van der Waals surface area contributed by atoms with Crippen LogP contribution in [0.25, 0.3) is 21.8 Å². The van der Waals surface area contributed by atoms with Crippen LogP contribution in [-0.2, 0) is 0 Å². The van der Waals surface area contributed by atoms with Gasteiger partial charge in [0.25, 0.3) is 11.8 Å². The summed E-state index contributed by atoms with van der Waals surface area (Å²) in [6.07, 6.45) is 1.51. The van der Waals surface area contributed by atoms with Crippen LogP contribution in [0.3, 0.4) is 0 Å². The molecule has 2 amide bonds. The highest BCUT2D eigenvalue weighted by molar-refractivity contribution is 6.19. The van der Waals surface area contributed by atoms with Crippen LogP contribution in [-0.4, -0.2) is 44.4 Å². The first-order chi connectivity index (χ1) is 18.3. The molecule has 1 aliphatic rings. The number of hydrogen-bond acceptors (Lipinski definition) is 5. The van der Waals surface area contributed by atoms with Gasteiger partial charge in [0.15, 0.2) is 0 Å². The summed E-state index contributed by atoms with van der Waals surface area (Å²) in [5, 5.41) is 25.3. The van der Waals surface area contributed by atoms with Gasteiger partial charge in [-0.2, -0.15) is 0 Å². The fraction of sp³-hybridized carbons (Fsp3) is 0.138. The number of aromatic hydroxyl groups is 2. The minimum atomic E-state index is -0.346. The quantitative estimate of drug-likeness (QED) is 0.225. The van der Waals surface area contributed by atoms with Crippen molar-refractivity contribution in [2.24, 2.45) is 0 Å². The van der Waals surface area contributed by atoms with Gasteiger partial charge < -0.3 is 25.4 Å². The van der Waals surface area contributed by atoms with Crippen LogP contribution in [0.5, 0.6) is 11.5 Å². The van der Waals surface area contributed by atoms with E-state index in [0.29, 0.717) is 46.1 Å². The van der Waals surface area contributed by atoms with Crippen LogP contribution < -0.4 is 10.2 Å². The summed E-state index contributed by atoms with van der Waals surface area (Å²) in [6, 6.07) is 16.7. The SMILES string of the molecule is Cc1cccc2c(O)cc3c(c12)C(CCl)CN3C(=O)c1cc2cc(NC(=O)c3ccc(O)cc3)cnc2[nH]1. The highest BCUT2D eigenvalue weighted by atomic mass is 35.5. The Hall–Kier alpha value is -4.56. The fourth-order valence-corrected chi connectivity index (χ4v) is 5.43. The standard InChI is InChI=1S/C29H23ClN4O4/c1-15-3-2-4-21-24(36)11-23-26(25(15)21)18(12-30)14-34(23)29(38)22-10-17-9-19(13-31-27(17)33-22)32-28(37)16-5-7-20(35)8-6-16/h2-11,13,18,35-36H,12,14H2,1H3,(H,31,33)(H,32,37). The van der Waals surface area contributed by atoms with Crippen molar-refractivity contribution in [2.75, 3.05) is 22.6 Å². The van der Waals surface area contributed by atoms with Crippen molar-refractivity contribution in [3.8, 4) is 11.5 Å². The maximum absolute atomic E-state index is 13.7. The van der Waals surface area contributed by atoms with Crippen LogP contribution >= 0.6 is 11.6 Å². The minimum absolute atomic E-state index is 0.0747. The van der Waals surface area contributed by atoms with Crippen molar-refractivity contribution in [1.29, 1.82) is 0 Å². The lowest BCUT2D eigenvalue weighted by Crippen LogP contribution is -2.30. The molecule has 0 spiro atoms. The van der Waals surface area contributed by atoms with E-state index in [4.69, 9.17) is 11.6 Å². The smallest absolute Gasteiger partial charge is 0.274 e. The largest absolute Gasteiger partial charge is 0.508 e. The second-order valence-corrected chi connectivity index (χ2v) is 9.75. The van der Waals surface area contributed by atoms with Crippen molar-refractivity contribution in [2.45, 2.75) is 12.8 Å². The zero-order valence-electron chi connectivity index (χ0n) is 20.3. The van der Waals surface area contributed by atoms with Gasteiger partial charge in [0.2, 0.25) is 0 Å². The fourth-order valence-electron chi connectivity index (χ4n) is 5.18. The number of hydrogen-bond donors (Lipinski definition) is 4. The molecule has 3 aromatic carbocycles. The van der Waals surface area contributed by atoms with E-state index in [1.807, 2.05) is 25.1 Å². The Balaban J connectivity index is 1.33. The molecule has 1 aliphatic heterocycles. The summed E-state index contributed by atoms with van der Waals surface area (Å²) in [6.45, 7) is 2.38. The predicted molar refractivity (Wildman–Crippen MR) is 148 cm³/mol. The highest BCUT2D eigenvalue weighted by Gasteiger charge is 2.35. The molecule has 190 valence electrons. The zero-order chi connectivity index (χ0) is 26.6. The number of rotatable bonds is 4. The molecule has 1 atom stereocenters. The molecule has 8 nitrogen and oxygen atoms in total. The number of aryl methyl sites for hydroxylation is 1. The summed E-state index contributed by atoms with van der Waals surface area (Å²) in [5.74, 6) is -0.166. The van der Waals surface area contributed by atoms with Gasteiger partial charge in [0.05, 0.1) is 17.6 Å². The number of phenolic OH excluding ortho intramolecular Hbond substituents is 2. The van der Waals surface area contributed by atoms with E-state index >= 15 is 0 Å². The molecule has 6 rings (SSSR count). The van der Waals surface area contributed by atoms with Crippen LogP contribution in [0.15, 0.2) is 66.9 Å². The van der Waals surface area contributed by atoms with E-state index in [2.05, 4.69) is 15.3 Å². The van der Waals surface area contributed by atoms with E-state index in [0.717, 1.165) is 21.9 Å². The molecule has 4 N–H and O–H groups in total. The predicted octanol–water partition coefficient (Wildman–Crippen LogP) is 5.67. The number of pyridine rings is 1. The van der Waals surface area contributed by atoms with Gasteiger partial charge in [0.1, 0.15) is 22.8 Å². The maximum atomic E-state index is 13.7. The summed E-state index contributed by atoms with van der Waals surface area (Å²) in [4.78, 5) is 35.3. The maximum Gasteiger partial charge on any atom is 0.274 e. The number of fused-ring (bicyclic) bond motifs is 4. The van der Waals surface area contributed by atoms with Crippen LogP contribution in [0.1, 0.15) is 37.9 Å². The number of aromatic nitrogens is 2. The molecule has 0 saturated carbocycles. The Morgan fingerprint density at radius 2 is 1.92 bits per heavy atom. The van der Waals surface area contributed by atoms with Crippen LogP contribution in [0.4, 0.5) is 11.4 Å². The molecule has 2 aromatic heterocycles. The molecule has 0 saturated heterocycles. The average Bonchev–Trinajstić information content (AvgIpc) is 3.50. The number of benzene rings is 3. The number of phenols is 2. The number of anilines is 2.